The van der Waals surface area contributed by atoms with Crippen molar-refractivity contribution < 1.29 is 23.1 Å². The minimum absolute atomic E-state index is 0.00791. The molecule has 1 aromatic rings. The van der Waals surface area contributed by atoms with Gasteiger partial charge in [-0.15, -0.1) is 0 Å². The SMILES string of the molecule is O=C(O)C(CCSC(F)(F)F)Cc1cccc(Br)c1. The van der Waals surface area contributed by atoms with Gasteiger partial charge in [0.05, 0.1) is 5.92 Å². The number of hydrogen-bond donors (Lipinski definition) is 1. The first-order chi connectivity index (χ1) is 8.78. The zero-order valence-electron chi connectivity index (χ0n) is 9.78. The summed E-state index contributed by atoms with van der Waals surface area (Å²) in [5.74, 6) is -2.11. The molecular weight excluding hydrogens is 345 g/mol. The second-order valence-corrected chi connectivity index (χ2v) is 6.03. The normalized spacial score (nSPS) is 13.3. The molecule has 0 bridgehead atoms. The number of carboxylic acids is 1. The van der Waals surface area contributed by atoms with Crippen molar-refractivity contribution in [3.63, 3.8) is 0 Å². The highest BCUT2D eigenvalue weighted by Gasteiger charge is 2.29. The van der Waals surface area contributed by atoms with Gasteiger partial charge in [-0.05, 0) is 30.5 Å². The molecule has 0 saturated heterocycles. The Kier molecular flexibility index (Phi) is 6.19. The van der Waals surface area contributed by atoms with Gasteiger partial charge in [-0.25, -0.2) is 0 Å². The van der Waals surface area contributed by atoms with Crippen LogP contribution in [0.25, 0.3) is 0 Å². The van der Waals surface area contributed by atoms with E-state index in [1.165, 1.54) is 0 Å². The van der Waals surface area contributed by atoms with Crippen LogP contribution in [-0.2, 0) is 11.2 Å². The molecule has 0 radical (unpaired) electrons. The number of halogens is 4. The van der Waals surface area contributed by atoms with Gasteiger partial charge in [-0.2, -0.15) is 13.2 Å². The van der Waals surface area contributed by atoms with Gasteiger partial charge in [-0.3, -0.25) is 4.79 Å². The molecule has 0 heterocycles. The predicted octanol–water partition coefficient (Wildman–Crippen LogP) is 4.34. The highest BCUT2D eigenvalue weighted by Crippen LogP contribution is 2.31. The van der Waals surface area contributed by atoms with E-state index in [1.807, 2.05) is 0 Å². The Bertz CT molecular complexity index is 437. The second-order valence-electron chi connectivity index (χ2n) is 3.95. The molecule has 1 N–H and O–H groups in total. The van der Waals surface area contributed by atoms with Crippen LogP contribution < -0.4 is 0 Å². The van der Waals surface area contributed by atoms with Crippen LogP contribution in [0, 0.1) is 5.92 Å². The summed E-state index contributed by atoms with van der Waals surface area (Å²) in [4.78, 5) is 11.0. The molecule has 0 aliphatic rings. The number of carboxylic acid groups (broad SMARTS) is 1. The lowest BCUT2D eigenvalue weighted by Crippen LogP contribution is -2.18. The molecule has 0 aromatic heterocycles. The monoisotopic (exact) mass is 356 g/mol. The van der Waals surface area contributed by atoms with Gasteiger partial charge in [0.1, 0.15) is 0 Å². The molecule has 106 valence electrons. The predicted molar refractivity (Wildman–Crippen MR) is 72.1 cm³/mol. The van der Waals surface area contributed by atoms with E-state index >= 15 is 0 Å². The summed E-state index contributed by atoms with van der Waals surface area (Å²) in [6, 6.07) is 7.10. The van der Waals surface area contributed by atoms with Crippen molar-refractivity contribution in [3.8, 4) is 0 Å². The van der Waals surface area contributed by atoms with Crippen LogP contribution in [0.3, 0.4) is 0 Å². The molecule has 0 aliphatic heterocycles. The summed E-state index contributed by atoms with van der Waals surface area (Å²) >= 11 is 3.09. The van der Waals surface area contributed by atoms with Crippen LogP contribution in [0.5, 0.6) is 0 Å². The van der Waals surface area contributed by atoms with E-state index in [0.29, 0.717) is 0 Å². The van der Waals surface area contributed by atoms with E-state index in [-0.39, 0.29) is 30.4 Å². The van der Waals surface area contributed by atoms with E-state index < -0.39 is 17.4 Å². The van der Waals surface area contributed by atoms with Gasteiger partial charge in [0.25, 0.3) is 0 Å². The fraction of sp³-hybridized carbons (Fsp3) is 0.417. The van der Waals surface area contributed by atoms with E-state index in [2.05, 4.69) is 15.9 Å². The topological polar surface area (TPSA) is 37.3 Å². The zero-order valence-corrected chi connectivity index (χ0v) is 12.2. The number of carbonyl (C=O) groups is 1. The Morgan fingerprint density at radius 2 is 2.11 bits per heavy atom. The van der Waals surface area contributed by atoms with E-state index in [4.69, 9.17) is 5.11 Å². The van der Waals surface area contributed by atoms with Crippen molar-refractivity contribution in [2.75, 3.05) is 5.75 Å². The van der Waals surface area contributed by atoms with Crippen LogP contribution in [0.15, 0.2) is 28.7 Å². The number of alkyl halides is 3. The van der Waals surface area contributed by atoms with Gasteiger partial charge in [0, 0.05) is 10.2 Å². The van der Waals surface area contributed by atoms with Crippen LogP contribution in [0.4, 0.5) is 13.2 Å². The lowest BCUT2D eigenvalue weighted by Gasteiger charge is -2.13. The van der Waals surface area contributed by atoms with Crippen LogP contribution in [-0.4, -0.2) is 22.3 Å². The molecule has 0 saturated carbocycles. The summed E-state index contributed by atoms with van der Waals surface area (Å²) in [7, 11) is 0. The molecule has 1 atom stereocenters. The zero-order chi connectivity index (χ0) is 14.5. The van der Waals surface area contributed by atoms with Gasteiger partial charge in [0.15, 0.2) is 0 Å². The Labute approximate surface area is 121 Å². The first-order valence-electron chi connectivity index (χ1n) is 5.46. The minimum Gasteiger partial charge on any atom is -0.481 e. The molecule has 0 fully saturated rings. The fourth-order valence-electron chi connectivity index (χ4n) is 1.58. The summed E-state index contributed by atoms with van der Waals surface area (Å²) < 4.78 is 36.8. The average Bonchev–Trinajstić information content (AvgIpc) is 2.26. The van der Waals surface area contributed by atoms with Crippen molar-refractivity contribution in [1.82, 2.24) is 0 Å². The lowest BCUT2D eigenvalue weighted by molar-refractivity contribution is -0.141. The van der Waals surface area contributed by atoms with E-state index in [0.717, 1.165) is 10.0 Å². The summed E-state index contributed by atoms with van der Waals surface area (Å²) in [5, 5.41) is 9.03. The van der Waals surface area contributed by atoms with Crippen molar-refractivity contribution in [3.05, 3.63) is 34.3 Å². The Balaban J connectivity index is 2.56. The Hall–Kier alpha value is -0.690. The number of benzene rings is 1. The van der Waals surface area contributed by atoms with E-state index in [1.54, 1.807) is 24.3 Å². The van der Waals surface area contributed by atoms with Crippen LogP contribution in [0.1, 0.15) is 12.0 Å². The smallest absolute Gasteiger partial charge is 0.441 e. The summed E-state index contributed by atoms with van der Waals surface area (Å²) in [5.41, 5.74) is -3.52. The Morgan fingerprint density at radius 3 is 2.63 bits per heavy atom. The summed E-state index contributed by atoms with van der Waals surface area (Å²) in [6.45, 7) is 0. The highest BCUT2D eigenvalue weighted by atomic mass is 79.9. The van der Waals surface area contributed by atoms with Crippen molar-refractivity contribution >= 4 is 33.7 Å². The second kappa shape index (κ2) is 7.19. The number of aliphatic carboxylic acids is 1. The van der Waals surface area contributed by atoms with E-state index in [9.17, 15) is 18.0 Å². The van der Waals surface area contributed by atoms with Gasteiger partial charge < -0.3 is 5.11 Å². The molecule has 7 heteroatoms. The molecule has 2 nitrogen and oxygen atoms in total. The molecule has 1 aromatic carbocycles. The number of rotatable bonds is 6. The average molecular weight is 357 g/mol. The number of hydrogen-bond acceptors (Lipinski definition) is 2. The molecule has 0 spiro atoms. The van der Waals surface area contributed by atoms with Crippen molar-refractivity contribution in [2.24, 2.45) is 5.92 Å². The van der Waals surface area contributed by atoms with Gasteiger partial charge in [-0.1, -0.05) is 39.8 Å². The first kappa shape index (κ1) is 16.4. The molecule has 19 heavy (non-hydrogen) atoms. The third-order valence-electron chi connectivity index (χ3n) is 2.45. The maximum Gasteiger partial charge on any atom is 0.441 e. The van der Waals surface area contributed by atoms with Crippen LogP contribution >= 0.6 is 27.7 Å². The molecular formula is C12H12BrF3O2S. The maximum absolute atomic E-state index is 12.0. The first-order valence-corrected chi connectivity index (χ1v) is 7.24. The highest BCUT2D eigenvalue weighted by molar-refractivity contribution is 9.10. The fourth-order valence-corrected chi connectivity index (χ4v) is 2.66. The Morgan fingerprint density at radius 1 is 1.42 bits per heavy atom. The molecule has 0 amide bonds. The minimum atomic E-state index is -4.31. The quantitative estimate of drug-likeness (QED) is 0.823. The van der Waals surface area contributed by atoms with Crippen molar-refractivity contribution in [2.45, 2.75) is 18.3 Å². The standard InChI is InChI=1S/C12H12BrF3O2S/c13-10-3-1-2-8(7-10)6-9(11(17)18)4-5-19-12(14,15)16/h1-3,7,9H,4-6H2,(H,17,18). The van der Waals surface area contributed by atoms with Crippen molar-refractivity contribution in [1.29, 1.82) is 0 Å². The van der Waals surface area contributed by atoms with Gasteiger partial charge in [0.2, 0.25) is 0 Å². The summed E-state index contributed by atoms with van der Waals surface area (Å²) in [6.07, 6.45) is 0.221. The van der Waals surface area contributed by atoms with Crippen LogP contribution in [0.2, 0.25) is 0 Å². The number of thioether (sulfide) groups is 1. The third kappa shape index (κ3) is 6.87. The third-order valence-corrected chi connectivity index (χ3v) is 3.71. The maximum atomic E-state index is 12.0. The molecule has 0 aliphatic carbocycles. The van der Waals surface area contributed by atoms with Gasteiger partial charge >= 0.3 is 11.5 Å². The molecule has 1 rings (SSSR count). The molecule has 1 unspecified atom stereocenters. The lowest BCUT2D eigenvalue weighted by atomic mass is 9.97. The largest absolute Gasteiger partial charge is 0.481 e.